The molecule has 1 fully saturated rings. The number of anilines is 1. The van der Waals surface area contributed by atoms with Gasteiger partial charge < -0.3 is 9.84 Å². The smallest absolute Gasteiger partial charge is 0.241 e. The van der Waals surface area contributed by atoms with Crippen LogP contribution in [-0.4, -0.2) is 34.0 Å². The molecule has 152 valence electrons. The zero-order valence-electron chi connectivity index (χ0n) is 16.6. The molecule has 1 N–H and O–H groups in total. The predicted octanol–water partition coefficient (Wildman–Crippen LogP) is 3.65. The van der Waals surface area contributed by atoms with E-state index in [-0.39, 0.29) is 11.8 Å². The summed E-state index contributed by atoms with van der Waals surface area (Å²) in [5.41, 5.74) is 2.61. The van der Waals surface area contributed by atoms with E-state index in [4.69, 9.17) is 9.78 Å². The Bertz CT molecular complexity index is 1020. The van der Waals surface area contributed by atoms with Gasteiger partial charge in [-0.15, -0.1) is 0 Å². The predicted molar refractivity (Wildman–Crippen MR) is 112 cm³/mol. The molecular weight excluding hydrogens is 378 g/mol. The molecular formula is C23H23N5O2. The second-order valence-corrected chi connectivity index (χ2v) is 7.47. The van der Waals surface area contributed by atoms with Gasteiger partial charge in [0.15, 0.2) is 0 Å². The summed E-state index contributed by atoms with van der Waals surface area (Å²) in [5, 5.41) is 15.8. The van der Waals surface area contributed by atoms with Crippen LogP contribution in [0.2, 0.25) is 0 Å². The number of likely N-dealkylation sites (tertiary alicyclic amines) is 1. The number of amides is 1. The van der Waals surface area contributed by atoms with Crippen LogP contribution in [0.4, 0.5) is 5.69 Å². The van der Waals surface area contributed by atoms with Gasteiger partial charge in [0.1, 0.15) is 0 Å². The van der Waals surface area contributed by atoms with Crippen LogP contribution < -0.4 is 5.32 Å². The van der Waals surface area contributed by atoms with Gasteiger partial charge in [-0.05, 0) is 37.1 Å². The first kappa shape index (κ1) is 19.8. The van der Waals surface area contributed by atoms with Gasteiger partial charge >= 0.3 is 0 Å². The van der Waals surface area contributed by atoms with E-state index < -0.39 is 0 Å². The lowest BCUT2D eigenvalue weighted by Crippen LogP contribution is -2.40. The van der Waals surface area contributed by atoms with Crippen molar-refractivity contribution in [1.82, 2.24) is 15.0 Å². The summed E-state index contributed by atoms with van der Waals surface area (Å²) in [6.45, 7) is 2.09. The SMILES string of the molecule is N#CCc1ccc(NC(=O)C2CCCN(Cc3nc(-c4ccccc4)no3)C2)cc1. The highest BCUT2D eigenvalue weighted by Gasteiger charge is 2.27. The van der Waals surface area contributed by atoms with Crippen molar-refractivity contribution in [3.05, 3.63) is 66.1 Å². The maximum Gasteiger partial charge on any atom is 0.241 e. The van der Waals surface area contributed by atoms with Crippen molar-refractivity contribution >= 4 is 11.6 Å². The number of piperidine rings is 1. The summed E-state index contributed by atoms with van der Waals surface area (Å²) in [7, 11) is 0. The molecule has 30 heavy (non-hydrogen) atoms. The second kappa shape index (κ2) is 9.33. The topological polar surface area (TPSA) is 95.1 Å². The molecule has 1 aliphatic heterocycles. The molecule has 0 aliphatic carbocycles. The van der Waals surface area contributed by atoms with E-state index >= 15 is 0 Å². The monoisotopic (exact) mass is 401 g/mol. The third-order valence-electron chi connectivity index (χ3n) is 5.24. The van der Waals surface area contributed by atoms with Gasteiger partial charge in [-0.25, -0.2) is 0 Å². The van der Waals surface area contributed by atoms with E-state index in [1.54, 1.807) is 0 Å². The molecule has 0 spiro atoms. The van der Waals surface area contributed by atoms with Crippen LogP contribution in [0.3, 0.4) is 0 Å². The van der Waals surface area contributed by atoms with Crippen molar-refractivity contribution < 1.29 is 9.32 Å². The van der Waals surface area contributed by atoms with Crippen molar-refractivity contribution in [2.24, 2.45) is 5.92 Å². The van der Waals surface area contributed by atoms with Crippen LogP contribution in [0, 0.1) is 17.2 Å². The largest absolute Gasteiger partial charge is 0.338 e. The zero-order valence-corrected chi connectivity index (χ0v) is 16.6. The lowest BCUT2D eigenvalue weighted by atomic mass is 9.97. The first-order valence-corrected chi connectivity index (χ1v) is 10.1. The van der Waals surface area contributed by atoms with Crippen molar-refractivity contribution in [1.29, 1.82) is 5.26 Å². The molecule has 1 amide bonds. The Morgan fingerprint density at radius 3 is 2.77 bits per heavy atom. The van der Waals surface area contributed by atoms with Crippen molar-refractivity contribution in [3.8, 4) is 17.5 Å². The van der Waals surface area contributed by atoms with E-state index in [0.29, 0.717) is 31.2 Å². The van der Waals surface area contributed by atoms with Crippen molar-refractivity contribution in [2.45, 2.75) is 25.8 Å². The Balaban J connectivity index is 1.33. The highest BCUT2D eigenvalue weighted by molar-refractivity contribution is 5.92. The fraction of sp³-hybridized carbons (Fsp3) is 0.304. The third kappa shape index (κ3) is 4.91. The van der Waals surface area contributed by atoms with Crippen LogP contribution >= 0.6 is 0 Å². The molecule has 1 aliphatic rings. The average molecular weight is 401 g/mol. The standard InChI is InChI=1S/C23H23N5O2/c24-13-12-17-8-10-20(11-9-17)25-23(29)19-7-4-14-28(15-19)16-21-26-22(27-30-21)18-5-2-1-3-6-18/h1-3,5-6,8-11,19H,4,7,12,14-16H2,(H,25,29). The van der Waals surface area contributed by atoms with E-state index in [1.165, 1.54) is 0 Å². The van der Waals surface area contributed by atoms with Crippen LogP contribution in [0.25, 0.3) is 11.4 Å². The minimum absolute atomic E-state index is 0.0169. The van der Waals surface area contributed by atoms with Gasteiger partial charge in [-0.1, -0.05) is 47.6 Å². The van der Waals surface area contributed by atoms with Crippen LogP contribution in [-0.2, 0) is 17.8 Å². The molecule has 0 bridgehead atoms. The molecule has 0 saturated carbocycles. The van der Waals surface area contributed by atoms with E-state index in [1.807, 2.05) is 54.6 Å². The average Bonchev–Trinajstić information content (AvgIpc) is 3.24. The summed E-state index contributed by atoms with van der Waals surface area (Å²) >= 11 is 0. The number of nitrogens with zero attached hydrogens (tertiary/aromatic N) is 4. The van der Waals surface area contributed by atoms with Crippen LogP contribution in [0.1, 0.15) is 24.3 Å². The maximum absolute atomic E-state index is 12.7. The molecule has 7 nitrogen and oxygen atoms in total. The number of aromatic nitrogens is 2. The molecule has 0 radical (unpaired) electrons. The van der Waals surface area contributed by atoms with Gasteiger partial charge in [0.05, 0.1) is 25.0 Å². The number of nitriles is 1. The lowest BCUT2D eigenvalue weighted by Gasteiger charge is -2.30. The first-order valence-electron chi connectivity index (χ1n) is 10.1. The second-order valence-electron chi connectivity index (χ2n) is 7.47. The van der Waals surface area contributed by atoms with Gasteiger partial charge in [-0.3, -0.25) is 9.69 Å². The Morgan fingerprint density at radius 1 is 1.20 bits per heavy atom. The molecule has 1 saturated heterocycles. The number of rotatable bonds is 6. The number of benzene rings is 2. The quantitative estimate of drug-likeness (QED) is 0.677. The number of carbonyl (C=O) groups excluding carboxylic acids is 1. The molecule has 1 atom stereocenters. The summed E-state index contributed by atoms with van der Waals surface area (Å²) in [4.78, 5) is 19.4. The number of carbonyl (C=O) groups is 1. The Hall–Kier alpha value is -3.50. The highest BCUT2D eigenvalue weighted by atomic mass is 16.5. The van der Waals surface area contributed by atoms with Crippen LogP contribution in [0.5, 0.6) is 0 Å². The van der Waals surface area contributed by atoms with E-state index in [9.17, 15) is 4.79 Å². The lowest BCUT2D eigenvalue weighted by molar-refractivity contribution is -0.121. The van der Waals surface area contributed by atoms with Gasteiger partial charge in [0, 0.05) is 17.8 Å². The Kier molecular flexibility index (Phi) is 6.16. The third-order valence-corrected chi connectivity index (χ3v) is 5.24. The van der Waals surface area contributed by atoms with Crippen molar-refractivity contribution in [3.63, 3.8) is 0 Å². The molecule has 1 unspecified atom stereocenters. The number of hydrogen-bond acceptors (Lipinski definition) is 6. The van der Waals surface area contributed by atoms with E-state index in [2.05, 4.69) is 26.4 Å². The zero-order chi connectivity index (χ0) is 20.8. The van der Waals surface area contributed by atoms with Gasteiger partial charge in [0.25, 0.3) is 0 Å². The molecule has 2 heterocycles. The molecule has 4 rings (SSSR count). The molecule has 1 aromatic heterocycles. The fourth-order valence-corrected chi connectivity index (χ4v) is 3.67. The van der Waals surface area contributed by atoms with E-state index in [0.717, 1.165) is 36.2 Å². The Labute approximate surface area is 175 Å². The fourth-order valence-electron chi connectivity index (χ4n) is 3.67. The summed E-state index contributed by atoms with van der Waals surface area (Å²) in [5.74, 6) is 1.07. The van der Waals surface area contributed by atoms with Gasteiger partial charge in [-0.2, -0.15) is 10.2 Å². The summed E-state index contributed by atoms with van der Waals surface area (Å²) < 4.78 is 5.42. The highest BCUT2D eigenvalue weighted by Crippen LogP contribution is 2.22. The summed E-state index contributed by atoms with van der Waals surface area (Å²) in [6.07, 6.45) is 2.17. The first-order chi connectivity index (χ1) is 14.7. The Morgan fingerprint density at radius 2 is 2.00 bits per heavy atom. The maximum atomic E-state index is 12.7. The number of hydrogen-bond donors (Lipinski definition) is 1. The van der Waals surface area contributed by atoms with Crippen LogP contribution in [0.15, 0.2) is 59.1 Å². The minimum Gasteiger partial charge on any atom is -0.338 e. The van der Waals surface area contributed by atoms with Crippen molar-refractivity contribution in [2.75, 3.05) is 18.4 Å². The molecule has 3 aromatic rings. The minimum atomic E-state index is -0.0888. The summed E-state index contributed by atoms with van der Waals surface area (Å²) in [6, 6.07) is 19.3. The molecule has 2 aromatic carbocycles. The molecule has 7 heteroatoms. The van der Waals surface area contributed by atoms with Gasteiger partial charge in [0.2, 0.25) is 17.6 Å². The normalized spacial score (nSPS) is 16.7. The number of nitrogens with one attached hydrogen (secondary N) is 1.